The van der Waals surface area contributed by atoms with Crippen molar-refractivity contribution >= 4 is 16.7 Å². The van der Waals surface area contributed by atoms with Gasteiger partial charge in [-0.15, -0.1) is 0 Å². The van der Waals surface area contributed by atoms with Crippen LogP contribution < -0.4 is 10.6 Å². The molecule has 5 nitrogen and oxygen atoms in total. The van der Waals surface area contributed by atoms with Crippen LogP contribution in [0.25, 0.3) is 10.9 Å². The lowest BCUT2D eigenvalue weighted by atomic mass is 9.91. The Hall–Kier alpha value is -2.19. The monoisotopic (exact) mass is 321 g/mol. The third kappa shape index (κ3) is 3.49. The fourth-order valence-electron chi connectivity index (χ4n) is 3.53. The summed E-state index contributed by atoms with van der Waals surface area (Å²) >= 11 is 0. The predicted octanol–water partition coefficient (Wildman–Crippen LogP) is 3.22. The minimum Gasteiger partial charge on any atom is -0.367 e. The Bertz CT molecular complexity index is 754. The smallest absolute Gasteiger partial charge is 0.137 e. The van der Waals surface area contributed by atoms with E-state index in [1.54, 1.807) is 12.4 Å². The topological polar surface area (TPSA) is 73.6 Å². The zero-order valence-corrected chi connectivity index (χ0v) is 13.8. The average molecular weight is 321 g/mol. The van der Waals surface area contributed by atoms with Gasteiger partial charge < -0.3 is 10.6 Å². The highest BCUT2D eigenvalue weighted by Crippen LogP contribution is 2.29. The van der Waals surface area contributed by atoms with Gasteiger partial charge in [0.05, 0.1) is 17.1 Å². The van der Waals surface area contributed by atoms with Crippen molar-refractivity contribution in [3.8, 4) is 6.07 Å². The van der Waals surface area contributed by atoms with E-state index in [2.05, 4.69) is 26.7 Å². The molecule has 1 aromatic carbocycles. The molecule has 0 saturated heterocycles. The van der Waals surface area contributed by atoms with Crippen LogP contribution in [-0.2, 0) is 0 Å². The molecule has 124 valence electrons. The first-order valence-electron chi connectivity index (χ1n) is 8.96. The molecule has 0 radical (unpaired) electrons. The summed E-state index contributed by atoms with van der Waals surface area (Å²) in [5.41, 5.74) is 1.53. The maximum atomic E-state index is 9.11. The van der Waals surface area contributed by atoms with E-state index in [0.717, 1.165) is 35.5 Å². The lowest BCUT2D eigenvalue weighted by Crippen LogP contribution is -2.38. The van der Waals surface area contributed by atoms with Crippen LogP contribution in [0.1, 0.15) is 44.1 Å². The van der Waals surface area contributed by atoms with Crippen LogP contribution in [0.5, 0.6) is 0 Å². The zero-order chi connectivity index (χ0) is 16.4. The van der Waals surface area contributed by atoms with Gasteiger partial charge in [-0.25, -0.2) is 9.97 Å². The van der Waals surface area contributed by atoms with E-state index in [9.17, 15) is 0 Å². The minimum atomic E-state index is 0.452. The lowest BCUT2D eigenvalue weighted by Gasteiger charge is -2.30. The van der Waals surface area contributed by atoms with Gasteiger partial charge in [0.25, 0.3) is 0 Å². The fourth-order valence-corrected chi connectivity index (χ4v) is 3.53. The summed E-state index contributed by atoms with van der Waals surface area (Å²) in [5.74, 6) is 1.80. The molecule has 0 unspecified atom stereocenters. The first-order chi connectivity index (χ1) is 11.8. The molecule has 2 N–H and O–H groups in total. The van der Waals surface area contributed by atoms with Crippen molar-refractivity contribution in [1.82, 2.24) is 15.3 Å². The first kappa shape index (κ1) is 15.3. The van der Waals surface area contributed by atoms with Gasteiger partial charge in [-0.1, -0.05) is 0 Å². The SMILES string of the molecule is N#Cc1ccc2ncnc(NC3CCC(NCC4CC4)CC3)c2c1. The van der Waals surface area contributed by atoms with E-state index in [1.807, 2.05) is 12.1 Å². The highest BCUT2D eigenvalue weighted by atomic mass is 15.0. The van der Waals surface area contributed by atoms with Crippen LogP contribution in [0.4, 0.5) is 5.82 Å². The molecule has 1 heterocycles. The standard InChI is InChI=1S/C19H23N5/c20-10-14-3-8-18-17(9-14)19(23-12-22-18)24-16-6-4-15(5-7-16)21-11-13-1-2-13/h3,8-9,12-13,15-16,21H,1-2,4-7,11H2,(H,22,23,24). The number of hydrogen-bond donors (Lipinski definition) is 2. The number of anilines is 1. The molecule has 2 aromatic rings. The Morgan fingerprint density at radius 2 is 1.83 bits per heavy atom. The van der Waals surface area contributed by atoms with E-state index in [1.165, 1.54) is 32.2 Å². The number of fused-ring (bicyclic) bond motifs is 1. The third-order valence-electron chi connectivity index (χ3n) is 5.22. The number of benzene rings is 1. The van der Waals surface area contributed by atoms with Crippen molar-refractivity contribution in [2.75, 3.05) is 11.9 Å². The van der Waals surface area contributed by atoms with E-state index in [0.29, 0.717) is 17.6 Å². The quantitative estimate of drug-likeness (QED) is 0.884. The summed E-state index contributed by atoms with van der Waals surface area (Å²) < 4.78 is 0. The van der Waals surface area contributed by atoms with Crippen molar-refractivity contribution in [3.05, 3.63) is 30.1 Å². The molecule has 0 aliphatic heterocycles. The van der Waals surface area contributed by atoms with Crippen LogP contribution in [-0.4, -0.2) is 28.6 Å². The largest absolute Gasteiger partial charge is 0.367 e. The van der Waals surface area contributed by atoms with Gasteiger partial charge in [0, 0.05) is 17.5 Å². The van der Waals surface area contributed by atoms with Crippen LogP contribution in [0.2, 0.25) is 0 Å². The molecule has 24 heavy (non-hydrogen) atoms. The second-order valence-electron chi connectivity index (χ2n) is 7.11. The zero-order valence-electron chi connectivity index (χ0n) is 13.8. The molecule has 4 rings (SSSR count). The predicted molar refractivity (Wildman–Crippen MR) is 94.6 cm³/mol. The van der Waals surface area contributed by atoms with Gasteiger partial charge in [-0.05, 0) is 69.2 Å². The summed E-state index contributed by atoms with van der Waals surface area (Å²) in [4.78, 5) is 8.71. The fraction of sp³-hybridized carbons (Fsp3) is 0.526. The molecule has 0 amide bonds. The molecule has 2 aliphatic carbocycles. The lowest BCUT2D eigenvalue weighted by molar-refractivity contribution is 0.350. The first-order valence-corrected chi connectivity index (χ1v) is 8.96. The van der Waals surface area contributed by atoms with Crippen molar-refractivity contribution in [2.24, 2.45) is 5.92 Å². The van der Waals surface area contributed by atoms with Crippen molar-refractivity contribution in [3.63, 3.8) is 0 Å². The molecular formula is C19H23N5. The normalized spacial score (nSPS) is 23.8. The van der Waals surface area contributed by atoms with Gasteiger partial charge in [0.1, 0.15) is 12.1 Å². The highest BCUT2D eigenvalue weighted by molar-refractivity contribution is 5.89. The number of nitrogens with zero attached hydrogens (tertiary/aromatic N) is 3. The second-order valence-corrected chi connectivity index (χ2v) is 7.11. The summed E-state index contributed by atoms with van der Waals surface area (Å²) in [7, 11) is 0. The molecule has 0 spiro atoms. The molecule has 2 fully saturated rings. The van der Waals surface area contributed by atoms with Crippen molar-refractivity contribution in [2.45, 2.75) is 50.6 Å². The molecule has 0 bridgehead atoms. The second kappa shape index (κ2) is 6.74. The third-order valence-corrected chi connectivity index (χ3v) is 5.22. The van der Waals surface area contributed by atoms with E-state index in [4.69, 9.17) is 5.26 Å². The number of nitriles is 1. The van der Waals surface area contributed by atoms with Crippen molar-refractivity contribution in [1.29, 1.82) is 5.26 Å². The number of hydrogen-bond acceptors (Lipinski definition) is 5. The van der Waals surface area contributed by atoms with E-state index in [-0.39, 0.29) is 0 Å². The van der Waals surface area contributed by atoms with E-state index < -0.39 is 0 Å². The highest BCUT2D eigenvalue weighted by Gasteiger charge is 2.25. The minimum absolute atomic E-state index is 0.452. The molecule has 1 aromatic heterocycles. The van der Waals surface area contributed by atoms with Crippen LogP contribution in [0, 0.1) is 17.2 Å². The Balaban J connectivity index is 1.40. The maximum Gasteiger partial charge on any atom is 0.137 e. The average Bonchev–Trinajstić information content (AvgIpc) is 3.45. The van der Waals surface area contributed by atoms with Gasteiger partial charge in [0.15, 0.2) is 0 Å². The number of aromatic nitrogens is 2. The van der Waals surface area contributed by atoms with Crippen LogP contribution in [0.3, 0.4) is 0 Å². The van der Waals surface area contributed by atoms with Gasteiger partial charge in [-0.3, -0.25) is 0 Å². The van der Waals surface area contributed by atoms with Crippen molar-refractivity contribution < 1.29 is 0 Å². The summed E-state index contributed by atoms with van der Waals surface area (Å²) in [6.45, 7) is 1.20. The van der Waals surface area contributed by atoms with Crippen LogP contribution in [0.15, 0.2) is 24.5 Å². The number of nitrogens with one attached hydrogen (secondary N) is 2. The summed E-state index contributed by atoms with van der Waals surface area (Å²) in [5, 5.41) is 17.4. The maximum absolute atomic E-state index is 9.11. The molecule has 5 heteroatoms. The van der Waals surface area contributed by atoms with Gasteiger partial charge >= 0.3 is 0 Å². The Kier molecular flexibility index (Phi) is 4.31. The summed E-state index contributed by atoms with van der Waals surface area (Å²) in [6.07, 6.45) is 9.18. The van der Waals surface area contributed by atoms with Gasteiger partial charge in [0.2, 0.25) is 0 Å². The Morgan fingerprint density at radius 1 is 1.04 bits per heavy atom. The number of rotatable bonds is 5. The molecule has 0 atom stereocenters. The van der Waals surface area contributed by atoms with E-state index >= 15 is 0 Å². The Labute approximate surface area is 142 Å². The Morgan fingerprint density at radius 3 is 2.58 bits per heavy atom. The van der Waals surface area contributed by atoms with Crippen LogP contribution >= 0.6 is 0 Å². The molecule has 2 aliphatic rings. The molecule has 2 saturated carbocycles. The molecular weight excluding hydrogens is 298 g/mol. The summed E-state index contributed by atoms with van der Waals surface area (Å²) in [6, 6.07) is 8.89. The van der Waals surface area contributed by atoms with Gasteiger partial charge in [-0.2, -0.15) is 5.26 Å².